The van der Waals surface area contributed by atoms with Gasteiger partial charge in [0.1, 0.15) is 6.54 Å². The summed E-state index contributed by atoms with van der Waals surface area (Å²) in [6, 6.07) is 8.21. The first-order valence-electron chi connectivity index (χ1n) is 11.0. The third kappa shape index (κ3) is 5.50. The molecule has 0 bridgehead atoms. The van der Waals surface area contributed by atoms with Gasteiger partial charge in [-0.3, -0.25) is 29.0 Å². The van der Waals surface area contributed by atoms with Crippen molar-refractivity contribution in [2.45, 2.75) is 46.2 Å². The highest BCUT2D eigenvalue weighted by molar-refractivity contribution is 6.04. The molecule has 2 aliphatic heterocycles. The van der Waals surface area contributed by atoms with Crippen LogP contribution in [0.15, 0.2) is 24.3 Å². The van der Waals surface area contributed by atoms with Gasteiger partial charge in [-0.25, -0.2) is 0 Å². The summed E-state index contributed by atoms with van der Waals surface area (Å²) in [6.07, 6.45) is 0.363. The van der Waals surface area contributed by atoms with Crippen molar-refractivity contribution in [3.63, 3.8) is 0 Å². The van der Waals surface area contributed by atoms with E-state index in [1.54, 1.807) is 9.80 Å². The number of carbonyl (C=O) groups excluding carboxylic acids is 4. The van der Waals surface area contributed by atoms with E-state index < -0.39 is 0 Å². The lowest BCUT2D eigenvalue weighted by molar-refractivity contribution is -0.146. The predicted molar refractivity (Wildman–Crippen MR) is 116 cm³/mol. The van der Waals surface area contributed by atoms with Crippen molar-refractivity contribution in [2.75, 3.05) is 39.3 Å². The molecule has 2 aliphatic rings. The minimum Gasteiger partial charge on any atom is -0.338 e. The minimum absolute atomic E-state index is 0.0419. The van der Waals surface area contributed by atoms with E-state index in [2.05, 4.69) is 25.7 Å². The molecule has 0 unspecified atom stereocenters. The maximum Gasteiger partial charge on any atom is 0.253 e. The number of imide groups is 1. The highest BCUT2D eigenvalue weighted by atomic mass is 16.2. The summed E-state index contributed by atoms with van der Waals surface area (Å²) < 4.78 is 0. The van der Waals surface area contributed by atoms with Gasteiger partial charge in [0.05, 0.1) is 0 Å². The standard InChI is InChI=1S/C23H32N4O4/c1-4-24(17(2)3)15-18-5-7-19(8-6-18)23(31)26-13-11-25(12-14-26)22(30)16-27-20(28)9-10-21(27)29/h5-8,17H,4,9-16H2,1-3H3. The van der Waals surface area contributed by atoms with Crippen LogP contribution in [-0.4, -0.2) is 88.5 Å². The lowest BCUT2D eigenvalue weighted by Gasteiger charge is -2.35. The Balaban J connectivity index is 1.51. The molecule has 0 aromatic heterocycles. The molecule has 168 valence electrons. The topological polar surface area (TPSA) is 81.2 Å². The summed E-state index contributed by atoms with van der Waals surface area (Å²) >= 11 is 0. The second-order valence-electron chi connectivity index (χ2n) is 8.40. The number of hydrogen-bond donors (Lipinski definition) is 0. The molecule has 2 saturated heterocycles. The van der Waals surface area contributed by atoms with Gasteiger partial charge in [0, 0.05) is 57.2 Å². The summed E-state index contributed by atoms with van der Waals surface area (Å²) in [7, 11) is 0. The molecule has 2 fully saturated rings. The smallest absolute Gasteiger partial charge is 0.253 e. The normalized spacial score (nSPS) is 17.3. The van der Waals surface area contributed by atoms with Crippen molar-refractivity contribution in [3.8, 4) is 0 Å². The first-order valence-corrected chi connectivity index (χ1v) is 11.0. The zero-order valence-corrected chi connectivity index (χ0v) is 18.7. The Kier molecular flexibility index (Phi) is 7.43. The molecule has 0 radical (unpaired) electrons. The molecule has 0 spiro atoms. The second-order valence-corrected chi connectivity index (χ2v) is 8.40. The van der Waals surface area contributed by atoms with E-state index in [0.717, 1.165) is 18.0 Å². The van der Waals surface area contributed by atoms with Gasteiger partial charge in [-0.2, -0.15) is 0 Å². The molecule has 8 heteroatoms. The van der Waals surface area contributed by atoms with Crippen LogP contribution in [0.25, 0.3) is 0 Å². The van der Waals surface area contributed by atoms with Gasteiger partial charge in [-0.05, 0) is 38.1 Å². The molecular formula is C23H32N4O4. The Morgan fingerprint density at radius 2 is 1.48 bits per heavy atom. The maximum absolute atomic E-state index is 12.9. The molecular weight excluding hydrogens is 396 g/mol. The second kappa shape index (κ2) is 10.0. The number of piperazine rings is 1. The van der Waals surface area contributed by atoms with Crippen LogP contribution in [0.3, 0.4) is 0 Å². The Hall–Kier alpha value is -2.74. The summed E-state index contributed by atoms with van der Waals surface area (Å²) in [5.41, 5.74) is 1.82. The average Bonchev–Trinajstić information content (AvgIpc) is 3.09. The molecule has 0 aliphatic carbocycles. The van der Waals surface area contributed by atoms with E-state index in [1.807, 2.05) is 24.3 Å². The van der Waals surface area contributed by atoms with Crippen LogP contribution in [0.2, 0.25) is 0 Å². The Labute approximate surface area is 183 Å². The van der Waals surface area contributed by atoms with Gasteiger partial charge < -0.3 is 9.80 Å². The van der Waals surface area contributed by atoms with Crippen LogP contribution < -0.4 is 0 Å². The van der Waals surface area contributed by atoms with Crippen molar-refractivity contribution >= 4 is 23.6 Å². The number of carbonyl (C=O) groups is 4. The molecule has 8 nitrogen and oxygen atoms in total. The number of hydrogen-bond acceptors (Lipinski definition) is 5. The van der Waals surface area contributed by atoms with Crippen LogP contribution in [-0.2, 0) is 20.9 Å². The van der Waals surface area contributed by atoms with E-state index in [4.69, 9.17) is 0 Å². The van der Waals surface area contributed by atoms with Gasteiger partial charge in [0.2, 0.25) is 17.7 Å². The molecule has 0 atom stereocenters. The number of amides is 4. The van der Waals surface area contributed by atoms with E-state index in [-0.39, 0.29) is 43.0 Å². The van der Waals surface area contributed by atoms with Gasteiger partial charge in [0.25, 0.3) is 5.91 Å². The molecule has 0 N–H and O–H groups in total. The van der Waals surface area contributed by atoms with Crippen LogP contribution in [0.5, 0.6) is 0 Å². The van der Waals surface area contributed by atoms with Gasteiger partial charge >= 0.3 is 0 Å². The van der Waals surface area contributed by atoms with Crippen molar-refractivity contribution in [1.29, 1.82) is 0 Å². The monoisotopic (exact) mass is 428 g/mol. The van der Waals surface area contributed by atoms with E-state index >= 15 is 0 Å². The van der Waals surface area contributed by atoms with Gasteiger partial charge in [-0.1, -0.05) is 19.1 Å². The molecule has 3 rings (SSSR count). The molecule has 1 aromatic carbocycles. The molecule has 1 aromatic rings. The Bertz CT molecular complexity index is 812. The molecule has 4 amide bonds. The van der Waals surface area contributed by atoms with Gasteiger partial charge in [0.15, 0.2) is 0 Å². The molecule has 31 heavy (non-hydrogen) atoms. The fourth-order valence-electron chi connectivity index (χ4n) is 4.02. The minimum atomic E-state index is -0.286. The van der Waals surface area contributed by atoms with Crippen molar-refractivity contribution in [2.24, 2.45) is 0 Å². The average molecular weight is 429 g/mol. The van der Waals surface area contributed by atoms with Crippen molar-refractivity contribution in [3.05, 3.63) is 35.4 Å². The maximum atomic E-state index is 12.9. The first-order chi connectivity index (χ1) is 14.8. The van der Waals surface area contributed by atoms with E-state index in [1.165, 1.54) is 5.56 Å². The number of benzene rings is 1. The lowest BCUT2D eigenvalue weighted by Crippen LogP contribution is -2.53. The SMILES string of the molecule is CCN(Cc1ccc(C(=O)N2CCN(C(=O)CN3C(=O)CCC3=O)CC2)cc1)C(C)C. The zero-order valence-electron chi connectivity index (χ0n) is 18.7. The van der Waals surface area contributed by atoms with Crippen LogP contribution in [0, 0.1) is 0 Å². The summed E-state index contributed by atoms with van der Waals surface area (Å²) in [5.74, 6) is -0.859. The number of likely N-dealkylation sites (tertiary alicyclic amines) is 1. The fourth-order valence-corrected chi connectivity index (χ4v) is 4.02. The van der Waals surface area contributed by atoms with Crippen molar-refractivity contribution in [1.82, 2.24) is 19.6 Å². The highest BCUT2D eigenvalue weighted by Gasteiger charge is 2.33. The summed E-state index contributed by atoms with van der Waals surface area (Å²) in [5, 5.41) is 0. The molecule has 0 saturated carbocycles. The molecule has 2 heterocycles. The van der Waals surface area contributed by atoms with Gasteiger partial charge in [-0.15, -0.1) is 0 Å². The number of nitrogens with zero attached hydrogens (tertiary/aromatic N) is 4. The number of rotatable bonds is 7. The van der Waals surface area contributed by atoms with Crippen LogP contribution >= 0.6 is 0 Å². The predicted octanol–water partition coefficient (Wildman–Crippen LogP) is 1.35. The van der Waals surface area contributed by atoms with Crippen LogP contribution in [0.1, 0.15) is 49.5 Å². The van der Waals surface area contributed by atoms with Crippen LogP contribution in [0.4, 0.5) is 0 Å². The zero-order chi connectivity index (χ0) is 22.5. The third-order valence-electron chi connectivity index (χ3n) is 6.09. The van der Waals surface area contributed by atoms with Crippen molar-refractivity contribution < 1.29 is 19.2 Å². The fraction of sp³-hybridized carbons (Fsp3) is 0.565. The first kappa shape index (κ1) is 22.9. The quantitative estimate of drug-likeness (QED) is 0.613. The lowest BCUT2D eigenvalue weighted by atomic mass is 10.1. The third-order valence-corrected chi connectivity index (χ3v) is 6.09. The Morgan fingerprint density at radius 3 is 2.00 bits per heavy atom. The summed E-state index contributed by atoms with van der Waals surface area (Å²) in [6.45, 7) is 9.79. The Morgan fingerprint density at radius 1 is 0.935 bits per heavy atom. The van der Waals surface area contributed by atoms with E-state index in [9.17, 15) is 19.2 Å². The summed E-state index contributed by atoms with van der Waals surface area (Å²) in [4.78, 5) is 55.5. The highest BCUT2D eigenvalue weighted by Crippen LogP contribution is 2.15. The van der Waals surface area contributed by atoms with E-state index in [0.29, 0.717) is 37.8 Å². The largest absolute Gasteiger partial charge is 0.338 e.